The number of carbonyl (C=O) groups excluding carboxylic acids is 3. The van der Waals surface area contributed by atoms with Gasteiger partial charge in [-0.25, -0.2) is 0 Å². The summed E-state index contributed by atoms with van der Waals surface area (Å²) >= 11 is 0. The van der Waals surface area contributed by atoms with Gasteiger partial charge in [-0.15, -0.1) is 0 Å². The summed E-state index contributed by atoms with van der Waals surface area (Å²) < 4.78 is 0. The Morgan fingerprint density at radius 1 is 1.19 bits per heavy atom. The first kappa shape index (κ1) is 19.9. The predicted molar refractivity (Wildman–Crippen MR) is 102 cm³/mol. The Morgan fingerprint density at radius 3 is 2.50 bits per heavy atom. The number of rotatable bonds is 6. The van der Waals surface area contributed by atoms with Gasteiger partial charge in [0.1, 0.15) is 0 Å². The van der Waals surface area contributed by atoms with Crippen molar-refractivity contribution in [2.75, 3.05) is 18.4 Å². The van der Waals surface area contributed by atoms with Gasteiger partial charge in [0.05, 0.1) is 5.92 Å². The molecule has 2 rings (SSSR count). The molecule has 0 aromatic heterocycles. The number of anilines is 1. The van der Waals surface area contributed by atoms with Gasteiger partial charge in [-0.3, -0.25) is 14.4 Å². The number of piperidine rings is 1. The molecule has 26 heavy (non-hydrogen) atoms. The monoisotopic (exact) mass is 359 g/mol. The summed E-state index contributed by atoms with van der Waals surface area (Å²) in [5.41, 5.74) is 1.22. The van der Waals surface area contributed by atoms with Crippen LogP contribution in [0.15, 0.2) is 24.3 Å². The number of carbonyl (C=O) groups is 3. The molecule has 1 aromatic rings. The fourth-order valence-electron chi connectivity index (χ4n) is 3.08. The Bertz CT molecular complexity index is 640. The molecule has 0 aliphatic carbocycles. The average molecular weight is 359 g/mol. The zero-order valence-electron chi connectivity index (χ0n) is 15.9. The van der Waals surface area contributed by atoms with E-state index in [-0.39, 0.29) is 29.7 Å². The van der Waals surface area contributed by atoms with Gasteiger partial charge in [-0.05, 0) is 57.4 Å². The summed E-state index contributed by atoms with van der Waals surface area (Å²) in [6, 6.07) is 6.94. The predicted octanol–water partition coefficient (Wildman–Crippen LogP) is 2.80. The minimum atomic E-state index is -0.187. The number of likely N-dealkylation sites (tertiary alicyclic amines) is 1. The summed E-state index contributed by atoms with van der Waals surface area (Å²) in [6.45, 7) is 7.02. The van der Waals surface area contributed by atoms with Crippen LogP contribution in [0.2, 0.25) is 0 Å². The zero-order chi connectivity index (χ0) is 19.1. The van der Waals surface area contributed by atoms with E-state index in [1.165, 1.54) is 0 Å². The topological polar surface area (TPSA) is 78.5 Å². The van der Waals surface area contributed by atoms with E-state index in [1.807, 2.05) is 20.8 Å². The summed E-state index contributed by atoms with van der Waals surface area (Å²) in [7, 11) is 0. The van der Waals surface area contributed by atoms with Crippen molar-refractivity contribution in [1.82, 2.24) is 10.2 Å². The van der Waals surface area contributed by atoms with E-state index in [2.05, 4.69) is 10.6 Å². The van der Waals surface area contributed by atoms with E-state index in [9.17, 15) is 14.4 Å². The van der Waals surface area contributed by atoms with Gasteiger partial charge in [0, 0.05) is 36.8 Å². The van der Waals surface area contributed by atoms with Crippen LogP contribution in [0.5, 0.6) is 0 Å². The summed E-state index contributed by atoms with van der Waals surface area (Å²) in [5, 5.41) is 5.73. The Labute approximate surface area is 155 Å². The van der Waals surface area contributed by atoms with Crippen LogP contribution in [0.4, 0.5) is 5.69 Å². The molecule has 6 heteroatoms. The molecule has 1 heterocycles. The highest BCUT2D eigenvalue weighted by atomic mass is 16.2. The zero-order valence-corrected chi connectivity index (χ0v) is 15.9. The molecule has 6 nitrogen and oxygen atoms in total. The lowest BCUT2D eigenvalue weighted by atomic mass is 9.96. The van der Waals surface area contributed by atoms with Crippen molar-refractivity contribution >= 4 is 23.4 Å². The van der Waals surface area contributed by atoms with Gasteiger partial charge in [-0.1, -0.05) is 6.92 Å². The largest absolute Gasteiger partial charge is 0.350 e. The van der Waals surface area contributed by atoms with Crippen molar-refractivity contribution in [3.8, 4) is 0 Å². The molecule has 142 valence electrons. The maximum atomic E-state index is 12.5. The Kier molecular flexibility index (Phi) is 7.18. The van der Waals surface area contributed by atoms with Crippen LogP contribution >= 0.6 is 0 Å². The van der Waals surface area contributed by atoms with Crippen molar-refractivity contribution in [3.63, 3.8) is 0 Å². The van der Waals surface area contributed by atoms with Crippen LogP contribution in [0.3, 0.4) is 0 Å². The van der Waals surface area contributed by atoms with E-state index in [0.29, 0.717) is 24.2 Å². The molecular weight excluding hydrogens is 330 g/mol. The van der Waals surface area contributed by atoms with Crippen molar-refractivity contribution in [2.45, 2.75) is 52.5 Å². The normalized spacial score (nSPS) is 17.1. The van der Waals surface area contributed by atoms with Crippen LogP contribution < -0.4 is 10.6 Å². The standard InChI is InChI=1S/C20H29N3O3/c1-4-6-18(24)23-12-5-7-16(13-23)20(26)22-17-10-8-15(9-11-17)19(25)21-14(2)3/h8-11,14,16H,4-7,12-13H2,1-3H3,(H,21,25)(H,22,26). The lowest BCUT2D eigenvalue weighted by Crippen LogP contribution is -2.43. The second kappa shape index (κ2) is 9.36. The van der Waals surface area contributed by atoms with Gasteiger partial charge < -0.3 is 15.5 Å². The van der Waals surface area contributed by atoms with Crippen molar-refractivity contribution < 1.29 is 14.4 Å². The average Bonchev–Trinajstić information content (AvgIpc) is 2.62. The summed E-state index contributed by atoms with van der Waals surface area (Å²) in [4.78, 5) is 38.3. The molecule has 3 amide bonds. The van der Waals surface area contributed by atoms with E-state index < -0.39 is 0 Å². The first-order chi connectivity index (χ1) is 12.4. The molecule has 0 spiro atoms. The molecule has 1 fully saturated rings. The highest BCUT2D eigenvalue weighted by Gasteiger charge is 2.28. The highest BCUT2D eigenvalue weighted by Crippen LogP contribution is 2.20. The molecule has 1 saturated heterocycles. The van der Waals surface area contributed by atoms with Crippen LogP contribution in [0.1, 0.15) is 56.8 Å². The van der Waals surface area contributed by atoms with E-state index in [1.54, 1.807) is 29.2 Å². The highest BCUT2D eigenvalue weighted by molar-refractivity contribution is 5.96. The fraction of sp³-hybridized carbons (Fsp3) is 0.550. The van der Waals surface area contributed by atoms with Crippen LogP contribution in [0, 0.1) is 5.92 Å². The van der Waals surface area contributed by atoms with E-state index in [4.69, 9.17) is 0 Å². The molecule has 0 saturated carbocycles. The minimum Gasteiger partial charge on any atom is -0.350 e. The van der Waals surface area contributed by atoms with Crippen LogP contribution in [-0.2, 0) is 9.59 Å². The number of hydrogen-bond acceptors (Lipinski definition) is 3. The fourth-order valence-corrected chi connectivity index (χ4v) is 3.08. The number of benzene rings is 1. The molecule has 1 atom stereocenters. The first-order valence-corrected chi connectivity index (χ1v) is 9.40. The number of nitrogens with zero attached hydrogens (tertiary/aromatic N) is 1. The molecule has 0 radical (unpaired) electrons. The molecule has 1 aromatic carbocycles. The SMILES string of the molecule is CCCC(=O)N1CCCC(C(=O)Nc2ccc(C(=O)NC(C)C)cc2)C1. The van der Waals surface area contributed by atoms with E-state index >= 15 is 0 Å². The van der Waals surface area contributed by atoms with Crippen molar-refractivity contribution in [1.29, 1.82) is 0 Å². The molecule has 1 aliphatic rings. The second-order valence-electron chi connectivity index (χ2n) is 7.12. The van der Waals surface area contributed by atoms with Gasteiger partial charge in [0.25, 0.3) is 5.91 Å². The van der Waals surface area contributed by atoms with Gasteiger partial charge >= 0.3 is 0 Å². The number of amides is 3. The first-order valence-electron chi connectivity index (χ1n) is 9.40. The smallest absolute Gasteiger partial charge is 0.251 e. The summed E-state index contributed by atoms with van der Waals surface area (Å²) in [6.07, 6.45) is 3.00. The molecule has 1 aliphatic heterocycles. The third-order valence-corrected chi connectivity index (χ3v) is 4.44. The quantitative estimate of drug-likeness (QED) is 0.820. The minimum absolute atomic E-state index is 0.0709. The molecular formula is C20H29N3O3. The van der Waals surface area contributed by atoms with Gasteiger partial charge in [0.15, 0.2) is 0 Å². The molecule has 2 N–H and O–H groups in total. The third-order valence-electron chi connectivity index (χ3n) is 4.44. The molecule has 1 unspecified atom stereocenters. The second-order valence-corrected chi connectivity index (χ2v) is 7.12. The molecule has 0 bridgehead atoms. The third kappa shape index (κ3) is 5.58. The van der Waals surface area contributed by atoms with Crippen LogP contribution in [-0.4, -0.2) is 41.8 Å². The van der Waals surface area contributed by atoms with Gasteiger partial charge in [-0.2, -0.15) is 0 Å². The lowest BCUT2D eigenvalue weighted by Gasteiger charge is -2.32. The van der Waals surface area contributed by atoms with Crippen molar-refractivity contribution in [3.05, 3.63) is 29.8 Å². The maximum absolute atomic E-state index is 12.5. The summed E-state index contributed by atoms with van der Waals surface area (Å²) in [5.74, 6) is -0.257. The number of nitrogens with one attached hydrogen (secondary N) is 2. The Morgan fingerprint density at radius 2 is 1.88 bits per heavy atom. The lowest BCUT2D eigenvalue weighted by molar-refractivity contribution is -0.134. The van der Waals surface area contributed by atoms with Crippen LogP contribution in [0.25, 0.3) is 0 Å². The Hall–Kier alpha value is -2.37. The maximum Gasteiger partial charge on any atom is 0.251 e. The number of hydrogen-bond donors (Lipinski definition) is 2. The van der Waals surface area contributed by atoms with Crippen molar-refractivity contribution in [2.24, 2.45) is 5.92 Å². The van der Waals surface area contributed by atoms with E-state index in [0.717, 1.165) is 25.8 Å². The van der Waals surface area contributed by atoms with Gasteiger partial charge in [0.2, 0.25) is 11.8 Å². The Balaban J connectivity index is 1.92.